The highest BCUT2D eigenvalue weighted by Gasteiger charge is 2.32. The summed E-state index contributed by atoms with van der Waals surface area (Å²) in [5.74, 6) is 0. The van der Waals surface area contributed by atoms with Crippen molar-refractivity contribution in [2.75, 3.05) is 11.0 Å². The van der Waals surface area contributed by atoms with Crippen LogP contribution >= 0.6 is 22.9 Å². The minimum Gasteiger partial charge on any atom is -0.288 e. The van der Waals surface area contributed by atoms with Crippen LogP contribution in [0.2, 0.25) is 5.02 Å². The maximum atomic E-state index is 13.1. The molecule has 4 nitrogen and oxygen atoms in total. The van der Waals surface area contributed by atoms with E-state index in [2.05, 4.69) is 14.7 Å². The Morgan fingerprint density at radius 3 is 2.43 bits per heavy atom. The third-order valence-electron chi connectivity index (χ3n) is 3.97. The average molecular weight is 446 g/mol. The molecule has 0 fully saturated rings. The number of anilines is 1. The summed E-state index contributed by atoms with van der Waals surface area (Å²) in [5, 5.41) is 2.87. The summed E-state index contributed by atoms with van der Waals surface area (Å²) >= 11 is 7.16. The fraction of sp³-hybridized carbons (Fsp3) is 0.167. The van der Waals surface area contributed by atoms with E-state index in [1.54, 1.807) is 19.1 Å². The number of benzene rings is 1. The second-order valence-electron chi connectivity index (χ2n) is 5.98. The van der Waals surface area contributed by atoms with Crippen LogP contribution in [0.5, 0.6) is 0 Å². The highest BCUT2D eigenvalue weighted by Crippen LogP contribution is 2.28. The largest absolute Gasteiger partial charge is 0.433 e. The summed E-state index contributed by atoms with van der Waals surface area (Å²) in [6.07, 6.45) is -1.97. The molecule has 0 saturated carbocycles. The van der Waals surface area contributed by atoms with Crippen molar-refractivity contribution in [3.05, 3.63) is 64.3 Å². The first-order valence-electron chi connectivity index (χ1n) is 7.92. The van der Waals surface area contributed by atoms with Gasteiger partial charge in [0, 0.05) is 38.8 Å². The van der Waals surface area contributed by atoms with Crippen LogP contribution in [0.25, 0.3) is 11.3 Å². The van der Waals surface area contributed by atoms with Crippen molar-refractivity contribution in [1.82, 2.24) is 9.97 Å². The summed E-state index contributed by atoms with van der Waals surface area (Å²) in [6, 6.07) is 9.29. The van der Waals surface area contributed by atoms with Crippen LogP contribution in [0.4, 0.5) is 18.3 Å². The quantitative estimate of drug-likeness (QED) is 0.434. The first-order valence-corrected chi connectivity index (χ1v) is 11.1. The van der Waals surface area contributed by atoms with Gasteiger partial charge in [-0.15, -0.1) is 11.3 Å². The Balaban J connectivity index is 1.86. The minimum atomic E-state index is -4.52. The summed E-state index contributed by atoms with van der Waals surface area (Å²) in [7, 11) is -2.77. The molecule has 148 valence electrons. The van der Waals surface area contributed by atoms with Gasteiger partial charge in [-0.05, 0) is 25.1 Å². The van der Waals surface area contributed by atoms with Crippen LogP contribution in [-0.4, -0.2) is 25.3 Å². The predicted octanol–water partition coefficient (Wildman–Crippen LogP) is 5.36. The number of nitrogens with zero attached hydrogens (tertiary/aromatic N) is 2. The van der Waals surface area contributed by atoms with Crippen LogP contribution in [0.3, 0.4) is 0 Å². The van der Waals surface area contributed by atoms with Crippen LogP contribution in [0.1, 0.15) is 18.2 Å². The molecule has 1 N–H and O–H groups in total. The van der Waals surface area contributed by atoms with Crippen LogP contribution < -0.4 is 4.72 Å². The van der Waals surface area contributed by atoms with Crippen LogP contribution in [0.15, 0.2) is 48.0 Å². The molecule has 1 unspecified atom stereocenters. The number of halogens is 4. The average Bonchev–Trinajstić information content (AvgIpc) is 3.08. The topological polar surface area (TPSA) is 54.9 Å². The van der Waals surface area contributed by atoms with Gasteiger partial charge in [-0.3, -0.25) is 9.71 Å². The molecular weight excluding hydrogens is 431 g/mol. The number of thiazole rings is 1. The van der Waals surface area contributed by atoms with Crippen molar-refractivity contribution in [2.45, 2.75) is 13.1 Å². The number of nitrogens with one attached hydrogen (secondary N) is 1. The zero-order valence-electron chi connectivity index (χ0n) is 14.7. The van der Waals surface area contributed by atoms with Crippen molar-refractivity contribution >= 4 is 42.6 Å². The Labute approximate surface area is 169 Å². The molecule has 1 atom stereocenters. The first-order chi connectivity index (χ1) is 13.1. The lowest BCUT2D eigenvalue weighted by Crippen LogP contribution is -2.20. The molecule has 2 aromatic heterocycles. The number of rotatable bonds is 4. The zero-order chi connectivity index (χ0) is 20.5. The van der Waals surface area contributed by atoms with Crippen molar-refractivity contribution < 1.29 is 17.4 Å². The Kier molecular flexibility index (Phi) is 5.69. The molecule has 0 bridgehead atoms. The number of hydrogen-bond donors (Lipinski definition) is 1. The Bertz CT molecular complexity index is 1100. The van der Waals surface area contributed by atoms with E-state index in [-0.39, 0.29) is 0 Å². The van der Waals surface area contributed by atoms with Gasteiger partial charge in [0.05, 0.1) is 15.4 Å². The third kappa shape index (κ3) is 4.65. The van der Waals surface area contributed by atoms with Crippen molar-refractivity contribution in [1.29, 1.82) is 0 Å². The van der Waals surface area contributed by atoms with Gasteiger partial charge in [-0.2, -0.15) is 13.2 Å². The predicted molar refractivity (Wildman–Crippen MR) is 109 cm³/mol. The van der Waals surface area contributed by atoms with Gasteiger partial charge < -0.3 is 0 Å². The molecule has 10 heteroatoms. The molecule has 3 aromatic rings. The summed E-state index contributed by atoms with van der Waals surface area (Å²) in [5.41, 5.74) is 0.937. The van der Waals surface area contributed by atoms with E-state index < -0.39 is 21.6 Å². The zero-order valence-corrected chi connectivity index (χ0v) is 17.1. The van der Waals surface area contributed by atoms with Gasteiger partial charge in [0.2, 0.25) is 0 Å². The van der Waals surface area contributed by atoms with Crippen molar-refractivity contribution in [3.63, 3.8) is 0 Å². The number of alkyl halides is 3. The standard InChI is InChI=1S/C18H15ClF3N3OS2/c1-11(13-5-8-16(23-9-13)18(20,21)22)28(2,26)25-17-24-15(10-27-17)12-3-6-14(19)7-4-12/h3-10H,1-2H3,(H,24,25,26). The third-order valence-corrected chi connectivity index (χ3v) is 7.10. The van der Waals surface area contributed by atoms with Crippen molar-refractivity contribution in [2.24, 2.45) is 0 Å². The molecule has 0 aliphatic heterocycles. The molecule has 3 rings (SSSR count). The lowest BCUT2D eigenvalue weighted by atomic mass is 10.2. The second kappa shape index (κ2) is 7.73. The molecule has 0 radical (unpaired) electrons. The van der Waals surface area contributed by atoms with E-state index in [0.717, 1.165) is 17.8 Å². The maximum Gasteiger partial charge on any atom is 0.433 e. The van der Waals surface area contributed by atoms with Crippen molar-refractivity contribution in [3.8, 4) is 11.3 Å². The van der Waals surface area contributed by atoms with E-state index in [9.17, 15) is 17.4 Å². The minimum absolute atomic E-state index is 0.363. The summed E-state index contributed by atoms with van der Waals surface area (Å²) in [4.78, 5) is 8.23. The molecule has 0 spiro atoms. The van der Waals surface area contributed by atoms with Gasteiger partial charge >= 0.3 is 6.18 Å². The number of pyridine rings is 1. The van der Waals surface area contributed by atoms with Gasteiger partial charge in [0.25, 0.3) is 0 Å². The van der Waals surface area contributed by atoms with Crippen LogP contribution in [-0.2, 0) is 15.9 Å². The van der Waals surface area contributed by atoms with Gasteiger partial charge in [0.1, 0.15) is 5.69 Å². The normalized spacial score (nSPS) is 13.8. The van der Waals surface area contributed by atoms with Gasteiger partial charge in [-0.25, -0.2) is 9.19 Å². The van der Waals surface area contributed by atoms with E-state index in [4.69, 9.17) is 11.6 Å². The van der Waals surface area contributed by atoms with E-state index >= 15 is 0 Å². The highest BCUT2D eigenvalue weighted by molar-refractivity contribution is 8.03. The molecule has 0 saturated heterocycles. The smallest absolute Gasteiger partial charge is 0.288 e. The van der Waals surface area contributed by atoms with E-state index in [0.29, 0.717) is 26.3 Å². The molecule has 1 aromatic carbocycles. The fourth-order valence-electron chi connectivity index (χ4n) is 2.31. The number of aromatic nitrogens is 2. The molecule has 0 amide bonds. The molecule has 0 aliphatic carbocycles. The first kappa shape index (κ1) is 20.6. The monoisotopic (exact) mass is 445 g/mol. The fourth-order valence-corrected chi connectivity index (χ4v) is 4.77. The molecule has 28 heavy (non-hydrogen) atoms. The van der Waals surface area contributed by atoms with E-state index in [1.807, 2.05) is 17.5 Å². The molecular formula is C18H15ClF3N3OS2. The molecule has 2 heterocycles. The number of hydrogen-bond acceptors (Lipinski definition) is 4. The molecule has 0 aliphatic rings. The van der Waals surface area contributed by atoms with Crippen LogP contribution in [0, 0.1) is 0 Å². The lowest BCUT2D eigenvalue weighted by Gasteiger charge is -2.12. The van der Waals surface area contributed by atoms with Gasteiger partial charge in [0.15, 0.2) is 5.13 Å². The van der Waals surface area contributed by atoms with Gasteiger partial charge in [-0.1, -0.05) is 29.8 Å². The summed E-state index contributed by atoms with van der Waals surface area (Å²) in [6.45, 7) is 1.59. The Morgan fingerprint density at radius 2 is 1.86 bits per heavy atom. The Hall–Kier alpha value is -2.10. The lowest BCUT2D eigenvalue weighted by molar-refractivity contribution is -0.141. The highest BCUT2D eigenvalue weighted by atomic mass is 35.5. The van der Waals surface area contributed by atoms with E-state index in [1.165, 1.54) is 23.7 Å². The summed E-state index contributed by atoms with van der Waals surface area (Å²) < 4.78 is 53.9. The maximum absolute atomic E-state index is 13.1. The second-order valence-corrected chi connectivity index (χ2v) is 9.77. The SMILES string of the molecule is CC(c1ccc(C(F)(F)F)nc1)=S(C)(=O)Nc1nc(-c2ccc(Cl)cc2)cs1. The Morgan fingerprint density at radius 1 is 1.18 bits per heavy atom.